The third kappa shape index (κ3) is 4.87. The number of rotatable bonds is 7. The third-order valence-electron chi connectivity index (χ3n) is 5.10. The van der Waals surface area contributed by atoms with Crippen LogP contribution in [0.2, 0.25) is 0 Å². The van der Waals surface area contributed by atoms with Crippen molar-refractivity contribution in [3.05, 3.63) is 121 Å². The van der Waals surface area contributed by atoms with E-state index >= 15 is 0 Å². The second-order valence-electron chi connectivity index (χ2n) is 6.93. The molecule has 0 saturated carbocycles. The van der Waals surface area contributed by atoms with Crippen LogP contribution in [0.3, 0.4) is 0 Å². The maximum Gasteiger partial charge on any atom is 0.151 e. The molecule has 29 heavy (non-hydrogen) atoms. The van der Waals surface area contributed by atoms with E-state index in [1.165, 1.54) is 21.2 Å². The SMILES string of the molecule is Br[P+](CCP(c1ccccc1)c1ccccc1)(c1ccccc1)c1ccccc1. The molecule has 0 bridgehead atoms. The van der Waals surface area contributed by atoms with Gasteiger partial charge in [-0.15, -0.1) is 0 Å². The molecule has 0 heterocycles. The van der Waals surface area contributed by atoms with Gasteiger partial charge in [0.1, 0.15) is 16.6 Å². The summed E-state index contributed by atoms with van der Waals surface area (Å²) in [7, 11) is -0.398. The van der Waals surface area contributed by atoms with E-state index in [9.17, 15) is 0 Å². The van der Waals surface area contributed by atoms with Gasteiger partial charge in [0.05, 0.1) is 6.16 Å². The summed E-state index contributed by atoms with van der Waals surface area (Å²) in [5.74, 6) is -1.64. The number of hydrogen-bond acceptors (Lipinski definition) is 0. The second-order valence-corrected chi connectivity index (χ2v) is 15.8. The summed E-state index contributed by atoms with van der Waals surface area (Å²) in [5, 5.41) is 5.74. The Morgan fingerprint density at radius 3 is 1.24 bits per heavy atom. The Labute approximate surface area is 183 Å². The highest BCUT2D eigenvalue weighted by molar-refractivity contribution is 9.43. The predicted molar refractivity (Wildman–Crippen MR) is 137 cm³/mol. The minimum absolute atomic E-state index is 0.398. The van der Waals surface area contributed by atoms with Crippen molar-refractivity contribution in [2.45, 2.75) is 0 Å². The molecule has 0 aromatic heterocycles. The topological polar surface area (TPSA) is 0 Å². The molecule has 0 amide bonds. The van der Waals surface area contributed by atoms with Gasteiger partial charge in [0.25, 0.3) is 0 Å². The summed E-state index contributed by atoms with van der Waals surface area (Å²) in [4.78, 5) is 0. The van der Waals surface area contributed by atoms with Gasteiger partial charge >= 0.3 is 0 Å². The first kappa shape index (κ1) is 20.5. The fourth-order valence-corrected chi connectivity index (χ4v) is 12.3. The molecule has 0 aliphatic heterocycles. The molecule has 4 rings (SSSR count). The zero-order valence-corrected chi connectivity index (χ0v) is 19.6. The van der Waals surface area contributed by atoms with Gasteiger partial charge < -0.3 is 0 Å². The van der Waals surface area contributed by atoms with Crippen LogP contribution in [0, 0.1) is 0 Å². The number of benzene rings is 4. The van der Waals surface area contributed by atoms with E-state index in [4.69, 9.17) is 0 Å². The van der Waals surface area contributed by atoms with Crippen LogP contribution in [0.15, 0.2) is 121 Å². The molecule has 0 unspecified atom stereocenters. The van der Waals surface area contributed by atoms with Crippen LogP contribution >= 0.6 is 29.4 Å². The summed E-state index contributed by atoms with van der Waals surface area (Å²) < 4.78 is 0. The lowest BCUT2D eigenvalue weighted by atomic mass is 10.4. The molecule has 0 nitrogen and oxygen atoms in total. The molecular formula is C26H24BrP2+. The van der Waals surface area contributed by atoms with Crippen molar-refractivity contribution >= 4 is 50.6 Å². The molecule has 0 aliphatic rings. The summed E-state index contributed by atoms with van der Waals surface area (Å²) in [6.45, 7) is 0. The van der Waals surface area contributed by atoms with Gasteiger partial charge in [0, 0.05) is 6.16 Å². The Bertz CT molecular complexity index is 927. The van der Waals surface area contributed by atoms with Crippen molar-refractivity contribution in [3.8, 4) is 0 Å². The van der Waals surface area contributed by atoms with E-state index < -0.39 is 13.9 Å². The Kier molecular flexibility index (Phi) is 6.94. The summed E-state index contributed by atoms with van der Waals surface area (Å²) in [6, 6.07) is 44.0. The standard InChI is InChI=1S/C26H24BrP2/c27-29(25-17-9-3-10-18-25,26-19-11-4-12-20-26)22-21-28(23-13-5-1-6-14-23)24-15-7-2-8-16-24/h1-20H,21-22H2/q+1. The van der Waals surface area contributed by atoms with Crippen molar-refractivity contribution < 1.29 is 0 Å². The first-order valence-electron chi connectivity index (χ1n) is 9.84. The summed E-state index contributed by atoms with van der Waals surface area (Å²) >= 11 is 4.30. The molecule has 0 spiro atoms. The van der Waals surface area contributed by atoms with Crippen LogP contribution in [0.5, 0.6) is 0 Å². The van der Waals surface area contributed by atoms with Crippen LogP contribution < -0.4 is 21.2 Å². The Hall–Kier alpha value is -1.78. The fraction of sp³-hybridized carbons (Fsp3) is 0.0769. The molecular weight excluding hydrogens is 454 g/mol. The zero-order valence-electron chi connectivity index (χ0n) is 16.2. The Morgan fingerprint density at radius 2 is 0.862 bits per heavy atom. The van der Waals surface area contributed by atoms with Gasteiger partial charge in [0.15, 0.2) is 15.5 Å². The maximum absolute atomic E-state index is 4.30. The predicted octanol–water partition coefficient (Wildman–Crippen LogP) is 6.10. The molecule has 4 aromatic carbocycles. The monoisotopic (exact) mass is 477 g/mol. The largest absolute Gasteiger partial charge is 0.151 e. The molecule has 0 saturated heterocycles. The highest BCUT2D eigenvalue weighted by atomic mass is 79.9. The molecule has 0 atom stereocenters. The first-order valence-corrected chi connectivity index (χ1v) is 15.4. The lowest BCUT2D eigenvalue weighted by molar-refractivity contribution is 1.50. The lowest BCUT2D eigenvalue weighted by Crippen LogP contribution is -2.24. The summed E-state index contributed by atoms with van der Waals surface area (Å²) in [5.41, 5.74) is 0. The van der Waals surface area contributed by atoms with Crippen molar-refractivity contribution in [2.24, 2.45) is 0 Å². The highest BCUT2D eigenvalue weighted by Crippen LogP contribution is 2.64. The van der Waals surface area contributed by atoms with Crippen LogP contribution in [-0.4, -0.2) is 12.3 Å². The normalized spacial score (nSPS) is 11.5. The van der Waals surface area contributed by atoms with Gasteiger partial charge in [-0.2, -0.15) is 0 Å². The van der Waals surface area contributed by atoms with E-state index in [1.807, 2.05) is 0 Å². The smallest absolute Gasteiger partial charge is 0.0622 e. The van der Waals surface area contributed by atoms with E-state index in [0.29, 0.717) is 0 Å². The van der Waals surface area contributed by atoms with Gasteiger partial charge in [-0.25, -0.2) is 0 Å². The minimum Gasteiger partial charge on any atom is -0.0622 e. The Balaban J connectivity index is 1.70. The maximum atomic E-state index is 4.30. The fourth-order valence-electron chi connectivity index (χ4n) is 3.60. The second kappa shape index (κ2) is 9.82. The molecule has 144 valence electrons. The zero-order chi connectivity index (χ0) is 19.9. The van der Waals surface area contributed by atoms with E-state index in [1.54, 1.807) is 0 Å². The van der Waals surface area contributed by atoms with Gasteiger partial charge in [-0.3, -0.25) is 0 Å². The van der Waals surface area contributed by atoms with Crippen LogP contribution in [0.1, 0.15) is 0 Å². The molecule has 0 radical (unpaired) electrons. The lowest BCUT2D eigenvalue weighted by Gasteiger charge is -2.24. The van der Waals surface area contributed by atoms with Gasteiger partial charge in [0.2, 0.25) is 0 Å². The van der Waals surface area contributed by atoms with Crippen molar-refractivity contribution in [1.29, 1.82) is 0 Å². The first-order chi connectivity index (χ1) is 14.3. The minimum atomic E-state index is -1.64. The van der Waals surface area contributed by atoms with E-state index in [0.717, 1.165) is 12.3 Å². The molecule has 0 aliphatic carbocycles. The molecule has 0 N–H and O–H groups in total. The van der Waals surface area contributed by atoms with Crippen molar-refractivity contribution in [3.63, 3.8) is 0 Å². The van der Waals surface area contributed by atoms with Crippen LogP contribution in [0.25, 0.3) is 0 Å². The molecule has 0 fully saturated rings. The average molecular weight is 478 g/mol. The summed E-state index contributed by atoms with van der Waals surface area (Å²) in [6.07, 6.45) is 2.29. The highest BCUT2D eigenvalue weighted by Gasteiger charge is 2.41. The number of hydrogen-bond donors (Lipinski definition) is 0. The van der Waals surface area contributed by atoms with Crippen molar-refractivity contribution in [1.82, 2.24) is 0 Å². The van der Waals surface area contributed by atoms with Crippen LogP contribution in [-0.2, 0) is 0 Å². The van der Waals surface area contributed by atoms with E-state index in [2.05, 4.69) is 137 Å². The average Bonchev–Trinajstić information content (AvgIpc) is 2.81. The van der Waals surface area contributed by atoms with Crippen LogP contribution in [0.4, 0.5) is 0 Å². The van der Waals surface area contributed by atoms with Gasteiger partial charge in [-0.05, 0) is 42.8 Å². The van der Waals surface area contributed by atoms with Gasteiger partial charge in [-0.1, -0.05) is 97.1 Å². The van der Waals surface area contributed by atoms with Crippen molar-refractivity contribution in [2.75, 3.05) is 12.3 Å². The quantitative estimate of drug-likeness (QED) is 0.282. The Morgan fingerprint density at radius 1 is 0.517 bits per heavy atom. The molecule has 4 aromatic rings. The van der Waals surface area contributed by atoms with E-state index in [-0.39, 0.29) is 0 Å². The molecule has 3 heteroatoms. The third-order valence-corrected chi connectivity index (χ3v) is 14.6. The number of halogens is 1.